The van der Waals surface area contributed by atoms with Gasteiger partial charge in [0.25, 0.3) is 0 Å². The van der Waals surface area contributed by atoms with Gasteiger partial charge in [-0.3, -0.25) is 9.59 Å². The van der Waals surface area contributed by atoms with E-state index in [1.54, 1.807) is 0 Å². The summed E-state index contributed by atoms with van der Waals surface area (Å²) in [7, 11) is 0. The number of hydrogen-bond acceptors (Lipinski definition) is 2. The van der Waals surface area contributed by atoms with Crippen LogP contribution in [0.25, 0.3) is 6.08 Å². The number of hydrogen-bond donors (Lipinski definition) is 2. The number of benzene rings is 1. The van der Waals surface area contributed by atoms with Crippen LogP contribution in [0.15, 0.2) is 30.3 Å². The summed E-state index contributed by atoms with van der Waals surface area (Å²) < 4.78 is 0. The molecule has 0 saturated heterocycles. The first-order valence-corrected chi connectivity index (χ1v) is 5.87. The van der Waals surface area contributed by atoms with Crippen molar-refractivity contribution in [2.75, 3.05) is 11.9 Å². The van der Waals surface area contributed by atoms with Gasteiger partial charge in [-0.2, -0.15) is 0 Å². The van der Waals surface area contributed by atoms with Crippen LogP contribution in [-0.2, 0) is 9.59 Å². The van der Waals surface area contributed by atoms with Crippen LogP contribution in [0.5, 0.6) is 0 Å². The van der Waals surface area contributed by atoms with Gasteiger partial charge in [0.05, 0.1) is 0 Å². The van der Waals surface area contributed by atoms with Crippen LogP contribution in [0.1, 0.15) is 25.8 Å². The van der Waals surface area contributed by atoms with E-state index in [1.807, 2.05) is 36.4 Å². The predicted octanol–water partition coefficient (Wildman–Crippen LogP) is 2.18. The van der Waals surface area contributed by atoms with Gasteiger partial charge in [-0.05, 0) is 18.1 Å². The lowest BCUT2D eigenvalue weighted by Gasteiger charge is -2.05. The van der Waals surface area contributed by atoms with Gasteiger partial charge in [-0.15, -0.1) is 0 Å². The molecule has 1 aromatic rings. The molecule has 4 heteroatoms. The van der Waals surface area contributed by atoms with Crippen molar-refractivity contribution >= 4 is 23.6 Å². The summed E-state index contributed by atoms with van der Waals surface area (Å²) in [6.07, 6.45) is 4.66. The van der Waals surface area contributed by atoms with Crippen molar-refractivity contribution in [2.45, 2.75) is 20.3 Å². The first kappa shape index (κ1) is 14.0. The van der Waals surface area contributed by atoms with E-state index >= 15 is 0 Å². The molecule has 1 rings (SSSR count). The quantitative estimate of drug-likeness (QED) is 0.782. The van der Waals surface area contributed by atoms with Crippen molar-refractivity contribution in [3.8, 4) is 0 Å². The molecular weight excluding hydrogens is 228 g/mol. The molecule has 0 spiro atoms. The minimum Gasteiger partial charge on any atom is -0.356 e. The lowest BCUT2D eigenvalue weighted by atomic mass is 10.1. The van der Waals surface area contributed by atoms with Gasteiger partial charge >= 0.3 is 0 Å². The highest BCUT2D eigenvalue weighted by molar-refractivity contribution is 5.91. The fourth-order valence-electron chi connectivity index (χ4n) is 1.49. The Morgan fingerprint density at radius 3 is 2.56 bits per heavy atom. The normalized spacial score (nSPS) is 10.3. The van der Waals surface area contributed by atoms with Gasteiger partial charge in [-0.1, -0.05) is 30.4 Å². The maximum Gasteiger partial charge on any atom is 0.221 e. The van der Waals surface area contributed by atoms with Crippen LogP contribution in [-0.4, -0.2) is 18.4 Å². The summed E-state index contributed by atoms with van der Waals surface area (Å²) in [5.41, 5.74) is 1.75. The first-order valence-electron chi connectivity index (χ1n) is 5.87. The maximum atomic E-state index is 11.0. The standard InChI is InChI=1S/C14H18N2O2/c1-11(17)15-10-6-5-8-13-7-3-4-9-14(13)16-12(2)18/h3-5,7-9H,6,10H2,1-2H3,(H,15,17)(H,16,18). The molecule has 0 atom stereocenters. The summed E-state index contributed by atoms with van der Waals surface area (Å²) in [6.45, 7) is 3.60. The molecule has 0 unspecified atom stereocenters. The number of anilines is 1. The van der Waals surface area contributed by atoms with E-state index < -0.39 is 0 Å². The summed E-state index contributed by atoms with van der Waals surface area (Å²) in [6, 6.07) is 7.58. The minimum atomic E-state index is -0.0888. The van der Waals surface area contributed by atoms with Gasteiger partial charge in [0.2, 0.25) is 11.8 Å². The van der Waals surface area contributed by atoms with Crippen LogP contribution in [0.2, 0.25) is 0 Å². The number of rotatable bonds is 5. The van der Waals surface area contributed by atoms with Crippen molar-refractivity contribution in [1.29, 1.82) is 0 Å². The maximum absolute atomic E-state index is 11.0. The predicted molar refractivity (Wildman–Crippen MR) is 73.1 cm³/mol. The molecule has 0 aromatic heterocycles. The first-order chi connectivity index (χ1) is 8.59. The second-order valence-corrected chi connectivity index (χ2v) is 3.94. The Morgan fingerprint density at radius 2 is 1.89 bits per heavy atom. The Bertz CT molecular complexity index is 453. The number of carbonyl (C=O) groups is 2. The van der Waals surface area contributed by atoms with Gasteiger partial charge in [0.1, 0.15) is 0 Å². The van der Waals surface area contributed by atoms with E-state index in [9.17, 15) is 9.59 Å². The Balaban J connectivity index is 2.57. The Labute approximate surface area is 107 Å². The van der Waals surface area contributed by atoms with Gasteiger partial charge in [0.15, 0.2) is 0 Å². The molecule has 18 heavy (non-hydrogen) atoms. The van der Waals surface area contributed by atoms with Gasteiger partial charge in [0, 0.05) is 26.1 Å². The van der Waals surface area contributed by atoms with E-state index in [0.717, 1.165) is 17.7 Å². The van der Waals surface area contributed by atoms with Crippen LogP contribution in [0, 0.1) is 0 Å². The molecule has 0 aliphatic carbocycles. The van der Waals surface area contributed by atoms with E-state index in [0.29, 0.717) is 6.54 Å². The zero-order chi connectivity index (χ0) is 13.4. The Morgan fingerprint density at radius 1 is 1.17 bits per heavy atom. The lowest BCUT2D eigenvalue weighted by Crippen LogP contribution is -2.20. The SMILES string of the molecule is CC(=O)NCCC=Cc1ccccc1NC(C)=O. The molecule has 1 aromatic carbocycles. The third-order valence-corrected chi connectivity index (χ3v) is 2.25. The highest BCUT2D eigenvalue weighted by Crippen LogP contribution is 2.16. The zero-order valence-corrected chi connectivity index (χ0v) is 10.7. The zero-order valence-electron chi connectivity index (χ0n) is 10.7. The van der Waals surface area contributed by atoms with E-state index in [-0.39, 0.29) is 11.8 Å². The number of para-hydroxylation sites is 1. The molecule has 2 amide bonds. The van der Waals surface area contributed by atoms with Gasteiger partial charge in [-0.25, -0.2) is 0 Å². The Kier molecular flexibility index (Phi) is 5.64. The largest absolute Gasteiger partial charge is 0.356 e. The van der Waals surface area contributed by atoms with E-state index in [2.05, 4.69) is 10.6 Å². The van der Waals surface area contributed by atoms with E-state index in [4.69, 9.17) is 0 Å². The molecule has 0 saturated carbocycles. The highest BCUT2D eigenvalue weighted by Gasteiger charge is 1.99. The monoisotopic (exact) mass is 246 g/mol. The molecule has 0 bridgehead atoms. The summed E-state index contributed by atoms with van der Waals surface area (Å²) >= 11 is 0. The van der Waals surface area contributed by atoms with Crippen LogP contribution in [0.3, 0.4) is 0 Å². The van der Waals surface area contributed by atoms with Crippen molar-refractivity contribution in [3.05, 3.63) is 35.9 Å². The van der Waals surface area contributed by atoms with Crippen molar-refractivity contribution in [2.24, 2.45) is 0 Å². The third-order valence-electron chi connectivity index (χ3n) is 2.25. The fraction of sp³-hybridized carbons (Fsp3) is 0.286. The number of amides is 2. The fourth-order valence-corrected chi connectivity index (χ4v) is 1.49. The molecule has 4 nitrogen and oxygen atoms in total. The second kappa shape index (κ2) is 7.27. The molecule has 0 aliphatic heterocycles. The van der Waals surface area contributed by atoms with Crippen LogP contribution >= 0.6 is 0 Å². The second-order valence-electron chi connectivity index (χ2n) is 3.94. The summed E-state index contributed by atoms with van der Waals surface area (Å²) in [4.78, 5) is 21.7. The highest BCUT2D eigenvalue weighted by atomic mass is 16.2. The minimum absolute atomic E-state index is 0.0259. The smallest absolute Gasteiger partial charge is 0.221 e. The topological polar surface area (TPSA) is 58.2 Å². The average molecular weight is 246 g/mol. The molecule has 0 fully saturated rings. The van der Waals surface area contributed by atoms with Crippen LogP contribution < -0.4 is 10.6 Å². The summed E-state index contributed by atoms with van der Waals surface area (Å²) in [5.74, 6) is -0.115. The van der Waals surface area contributed by atoms with Crippen molar-refractivity contribution in [3.63, 3.8) is 0 Å². The van der Waals surface area contributed by atoms with Gasteiger partial charge < -0.3 is 10.6 Å². The molecule has 0 aliphatic rings. The third kappa shape index (κ3) is 5.30. The molecular formula is C14H18N2O2. The number of carbonyl (C=O) groups excluding carboxylic acids is 2. The average Bonchev–Trinajstić information content (AvgIpc) is 2.29. The molecule has 0 heterocycles. The lowest BCUT2D eigenvalue weighted by molar-refractivity contribution is -0.119. The van der Waals surface area contributed by atoms with Crippen LogP contribution in [0.4, 0.5) is 5.69 Å². The van der Waals surface area contributed by atoms with Crippen molar-refractivity contribution in [1.82, 2.24) is 5.32 Å². The number of nitrogens with one attached hydrogen (secondary N) is 2. The van der Waals surface area contributed by atoms with E-state index in [1.165, 1.54) is 13.8 Å². The van der Waals surface area contributed by atoms with Crippen molar-refractivity contribution < 1.29 is 9.59 Å². The molecule has 2 N–H and O–H groups in total. The molecule has 0 radical (unpaired) electrons. The Hall–Kier alpha value is -2.10. The summed E-state index contributed by atoms with van der Waals surface area (Å²) in [5, 5.41) is 5.49. The molecule has 96 valence electrons.